The van der Waals surface area contributed by atoms with Crippen LogP contribution in [0, 0.1) is 0 Å². The van der Waals surface area contributed by atoms with Crippen molar-refractivity contribution in [2.75, 3.05) is 11.9 Å². The van der Waals surface area contributed by atoms with E-state index in [9.17, 15) is 27.6 Å². The van der Waals surface area contributed by atoms with Gasteiger partial charge in [0.1, 0.15) is 0 Å². The van der Waals surface area contributed by atoms with Gasteiger partial charge in [-0.2, -0.15) is 13.2 Å². The molecule has 0 bridgehead atoms. The van der Waals surface area contributed by atoms with Crippen molar-refractivity contribution in [2.45, 2.75) is 19.0 Å². The van der Waals surface area contributed by atoms with E-state index >= 15 is 0 Å². The van der Waals surface area contributed by atoms with Gasteiger partial charge < -0.3 is 10.1 Å². The Bertz CT molecular complexity index is 788. The molecule has 0 unspecified atom stereocenters. The van der Waals surface area contributed by atoms with Crippen LogP contribution in [0.25, 0.3) is 0 Å². The normalized spacial score (nSPS) is 11.0. The predicted octanol–water partition coefficient (Wildman–Crippen LogP) is 3.91. The van der Waals surface area contributed by atoms with Crippen molar-refractivity contribution in [1.82, 2.24) is 0 Å². The van der Waals surface area contributed by atoms with E-state index in [0.717, 1.165) is 12.1 Å². The largest absolute Gasteiger partial charge is 0.456 e. The molecule has 138 valence electrons. The summed E-state index contributed by atoms with van der Waals surface area (Å²) in [5.41, 5.74) is -1.42. The molecule has 2 rings (SSSR count). The Morgan fingerprint density at radius 1 is 1.04 bits per heavy atom. The maximum Gasteiger partial charge on any atom is 0.418 e. The van der Waals surface area contributed by atoms with Gasteiger partial charge in [0.25, 0.3) is 5.91 Å². The van der Waals surface area contributed by atoms with Gasteiger partial charge in [-0.15, -0.1) is 11.3 Å². The van der Waals surface area contributed by atoms with Crippen LogP contribution in [-0.4, -0.2) is 24.3 Å². The van der Waals surface area contributed by atoms with Gasteiger partial charge in [0.05, 0.1) is 22.5 Å². The summed E-state index contributed by atoms with van der Waals surface area (Å²) >= 11 is 1.25. The first-order valence-corrected chi connectivity index (χ1v) is 8.33. The van der Waals surface area contributed by atoms with E-state index in [2.05, 4.69) is 10.1 Å². The molecule has 0 fully saturated rings. The highest BCUT2D eigenvalue weighted by Crippen LogP contribution is 2.34. The topological polar surface area (TPSA) is 72.5 Å². The van der Waals surface area contributed by atoms with E-state index in [0.29, 0.717) is 4.88 Å². The zero-order valence-corrected chi connectivity index (χ0v) is 14.2. The van der Waals surface area contributed by atoms with E-state index in [-0.39, 0.29) is 18.6 Å². The molecule has 1 aromatic carbocycles. The lowest BCUT2D eigenvalue weighted by Gasteiger charge is -2.13. The van der Waals surface area contributed by atoms with Crippen LogP contribution in [0.1, 0.15) is 28.1 Å². The first-order valence-electron chi connectivity index (χ1n) is 7.46. The Hall–Kier alpha value is -2.68. The lowest BCUT2D eigenvalue weighted by Crippen LogP contribution is -2.22. The molecule has 1 aromatic heterocycles. The summed E-state index contributed by atoms with van der Waals surface area (Å²) in [6.45, 7) is -0.738. The fourth-order valence-corrected chi connectivity index (χ4v) is 2.71. The first kappa shape index (κ1) is 19.6. The number of esters is 1. The minimum atomic E-state index is -4.62. The monoisotopic (exact) mass is 385 g/mol. The minimum absolute atomic E-state index is 0.0716. The average molecular weight is 385 g/mol. The van der Waals surface area contributed by atoms with Gasteiger partial charge in [-0.3, -0.25) is 14.4 Å². The van der Waals surface area contributed by atoms with Crippen LogP contribution in [0.2, 0.25) is 0 Å². The highest BCUT2D eigenvalue weighted by Gasteiger charge is 2.33. The molecule has 0 saturated heterocycles. The number of Topliss-reactive ketones (excluding diaryl/α,β-unsaturated/α-hetero) is 1. The number of hydrogen-bond donors (Lipinski definition) is 1. The molecule has 26 heavy (non-hydrogen) atoms. The fourth-order valence-electron chi connectivity index (χ4n) is 2.02. The van der Waals surface area contributed by atoms with Crippen molar-refractivity contribution >= 4 is 34.7 Å². The molecule has 9 heteroatoms. The number of ketones is 1. The summed E-state index contributed by atoms with van der Waals surface area (Å²) < 4.78 is 43.2. The molecule has 1 N–H and O–H groups in total. The van der Waals surface area contributed by atoms with Crippen molar-refractivity contribution in [2.24, 2.45) is 0 Å². The number of rotatable bonds is 7. The smallest absolute Gasteiger partial charge is 0.418 e. The Labute approximate surface area is 150 Å². The summed E-state index contributed by atoms with van der Waals surface area (Å²) in [5.74, 6) is -1.91. The molecule has 0 aliphatic heterocycles. The highest BCUT2D eigenvalue weighted by atomic mass is 32.1. The molecule has 5 nitrogen and oxygen atoms in total. The maximum atomic E-state index is 12.8. The maximum absolute atomic E-state index is 12.8. The number of anilines is 1. The van der Waals surface area contributed by atoms with Crippen molar-refractivity contribution in [1.29, 1.82) is 0 Å². The predicted molar refractivity (Wildman–Crippen MR) is 88.9 cm³/mol. The van der Waals surface area contributed by atoms with E-state index in [1.54, 1.807) is 17.5 Å². The van der Waals surface area contributed by atoms with Crippen LogP contribution >= 0.6 is 11.3 Å². The second kappa shape index (κ2) is 8.61. The lowest BCUT2D eigenvalue weighted by molar-refractivity contribution is -0.147. The van der Waals surface area contributed by atoms with Crippen LogP contribution in [0.5, 0.6) is 0 Å². The summed E-state index contributed by atoms with van der Waals surface area (Å²) in [6, 6.07) is 7.80. The summed E-state index contributed by atoms with van der Waals surface area (Å²) in [6.07, 6.45) is -4.91. The quantitative estimate of drug-likeness (QED) is 0.579. The van der Waals surface area contributed by atoms with E-state index in [1.807, 2.05) is 0 Å². The van der Waals surface area contributed by atoms with Crippen LogP contribution in [0.15, 0.2) is 41.8 Å². The average Bonchev–Trinajstić information content (AvgIpc) is 3.12. The fraction of sp³-hybridized carbons (Fsp3) is 0.235. The number of para-hydroxylation sites is 1. The van der Waals surface area contributed by atoms with Crippen molar-refractivity contribution in [3.63, 3.8) is 0 Å². The molecule has 0 aliphatic carbocycles. The molecule has 2 aromatic rings. The molecule has 0 spiro atoms. The minimum Gasteiger partial charge on any atom is -0.456 e. The zero-order chi connectivity index (χ0) is 19.2. The molecule has 0 atom stereocenters. The molecule has 1 amide bonds. The van der Waals surface area contributed by atoms with Gasteiger partial charge in [0, 0.05) is 6.42 Å². The number of amides is 1. The number of halogens is 3. The van der Waals surface area contributed by atoms with E-state index in [1.165, 1.54) is 23.5 Å². The van der Waals surface area contributed by atoms with Gasteiger partial charge in [-0.1, -0.05) is 18.2 Å². The third-order valence-corrected chi connectivity index (χ3v) is 4.13. The Balaban J connectivity index is 1.80. The number of thiophene rings is 1. The second-order valence-corrected chi connectivity index (χ2v) is 6.10. The molecular weight excluding hydrogens is 371 g/mol. The molecule has 0 radical (unpaired) electrons. The molecule has 0 aliphatic rings. The Morgan fingerprint density at radius 2 is 1.77 bits per heavy atom. The number of benzene rings is 1. The van der Waals surface area contributed by atoms with Crippen molar-refractivity contribution < 1.29 is 32.3 Å². The molecular formula is C17H14F3NO4S. The Kier molecular flexibility index (Phi) is 6.51. The molecule has 0 saturated carbocycles. The van der Waals surface area contributed by atoms with Crippen molar-refractivity contribution in [3.05, 3.63) is 52.2 Å². The van der Waals surface area contributed by atoms with Gasteiger partial charge in [-0.25, -0.2) is 0 Å². The second-order valence-electron chi connectivity index (χ2n) is 5.15. The third-order valence-electron chi connectivity index (χ3n) is 3.22. The van der Waals surface area contributed by atoms with Gasteiger partial charge in [-0.05, 0) is 23.6 Å². The van der Waals surface area contributed by atoms with Gasteiger partial charge >= 0.3 is 12.1 Å². The number of carbonyl (C=O) groups excluding carboxylic acids is 3. The number of hydrogen-bond acceptors (Lipinski definition) is 5. The number of ether oxygens (including phenoxy) is 1. The van der Waals surface area contributed by atoms with Crippen LogP contribution in [0.4, 0.5) is 18.9 Å². The lowest BCUT2D eigenvalue weighted by atomic mass is 10.1. The van der Waals surface area contributed by atoms with Crippen LogP contribution in [-0.2, 0) is 20.5 Å². The summed E-state index contributed by atoms with van der Waals surface area (Å²) in [5, 5.41) is 3.79. The standard InChI is InChI=1S/C17H14F3NO4S/c18-17(19,20)11-4-1-2-5-12(11)21-15(23)10-25-16(24)8-7-13(22)14-6-3-9-26-14/h1-6,9H,7-8,10H2,(H,21,23). The number of carbonyl (C=O) groups is 3. The van der Waals surface area contributed by atoms with Gasteiger partial charge in [0.15, 0.2) is 12.4 Å². The Morgan fingerprint density at radius 3 is 2.42 bits per heavy atom. The van der Waals surface area contributed by atoms with Crippen LogP contribution < -0.4 is 5.32 Å². The van der Waals surface area contributed by atoms with E-state index in [4.69, 9.17) is 0 Å². The highest BCUT2D eigenvalue weighted by molar-refractivity contribution is 7.12. The van der Waals surface area contributed by atoms with Gasteiger partial charge in [0.2, 0.25) is 0 Å². The summed E-state index contributed by atoms with van der Waals surface area (Å²) in [4.78, 5) is 35.5. The number of nitrogens with one attached hydrogen (secondary N) is 1. The SMILES string of the molecule is O=C(COC(=O)CCC(=O)c1cccs1)Nc1ccccc1C(F)(F)F. The van der Waals surface area contributed by atoms with Crippen molar-refractivity contribution in [3.8, 4) is 0 Å². The summed E-state index contributed by atoms with van der Waals surface area (Å²) in [7, 11) is 0. The zero-order valence-electron chi connectivity index (χ0n) is 13.3. The van der Waals surface area contributed by atoms with E-state index < -0.39 is 35.9 Å². The first-order chi connectivity index (χ1) is 12.3. The van der Waals surface area contributed by atoms with Crippen LogP contribution in [0.3, 0.4) is 0 Å². The molecule has 1 heterocycles. The number of alkyl halides is 3. The third kappa shape index (κ3) is 5.69.